The molecule has 0 amide bonds. The summed E-state index contributed by atoms with van der Waals surface area (Å²) in [5, 5.41) is 3.52. The summed E-state index contributed by atoms with van der Waals surface area (Å²) in [6.45, 7) is 5.58. The molecule has 0 radical (unpaired) electrons. The summed E-state index contributed by atoms with van der Waals surface area (Å²) >= 11 is 0. The average molecular weight is 235 g/mol. The first kappa shape index (κ1) is 12.5. The van der Waals surface area contributed by atoms with E-state index in [2.05, 4.69) is 34.9 Å². The SMILES string of the molecule is CCC(CC)CNc1nccn1C1CCCC1. The molecule has 0 spiro atoms. The Labute approximate surface area is 105 Å². The third-order valence-corrected chi connectivity index (χ3v) is 4.09. The van der Waals surface area contributed by atoms with E-state index in [0.29, 0.717) is 6.04 Å². The van der Waals surface area contributed by atoms with E-state index >= 15 is 0 Å². The minimum atomic E-state index is 0.682. The van der Waals surface area contributed by atoms with Gasteiger partial charge in [-0.1, -0.05) is 39.5 Å². The lowest BCUT2D eigenvalue weighted by atomic mass is 10.0. The average Bonchev–Trinajstić information content (AvgIpc) is 3.00. The van der Waals surface area contributed by atoms with Crippen molar-refractivity contribution < 1.29 is 0 Å². The molecule has 0 bridgehead atoms. The second-order valence-electron chi connectivity index (χ2n) is 5.16. The largest absolute Gasteiger partial charge is 0.355 e. The van der Waals surface area contributed by atoms with Crippen molar-refractivity contribution in [2.24, 2.45) is 5.92 Å². The van der Waals surface area contributed by atoms with Crippen LogP contribution in [-0.2, 0) is 0 Å². The lowest BCUT2D eigenvalue weighted by Crippen LogP contribution is -2.17. The van der Waals surface area contributed by atoms with Gasteiger partial charge >= 0.3 is 0 Å². The lowest BCUT2D eigenvalue weighted by molar-refractivity contribution is 0.500. The van der Waals surface area contributed by atoms with Crippen molar-refractivity contribution in [3.8, 4) is 0 Å². The monoisotopic (exact) mass is 235 g/mol. The molecule has 96 valence electrons. The Kier molecular flexibility index (Phi) is 4.46. The van der Waals surface area contributed by atoms with E-state index < -0.39 is 0 Å². The summed E-state index contributed by atoms with van der Waals surface area (Å²) in [5.41, 5.74) is 0. The molecule has 1 fully saturated rings. The predicted octanol–water partition coefficient (Wildman–Crippen LogP) is 3.85. The van der Waals surface area contributed by atoms with Crippen LogP contribution < -0.4 is 5.32 Å². The Bertz CT molecular complexity index is 322. The maximum Gasteiger partial charge on any atom is 0.203 e. The van der Waals surface area contributed by atoms with Gasteiger partial charge in [-0.15, -0.1) is 0 Å². The van der Waals surface area contributed by atoms with Crippen molar-refractivity contribution in [2.75, 3.05) is 11.9 Å². The fraction of sp³-hybridized carbons (Fsp3) is 0.786. The van der Waals surface area contributed by atoms with E-state index in [9.17, 15) is 0 Å². The molecule has 1 saturated carbocycles. The summed E-state index contributed by atoms with van der Waals surface area (Å²) in [7, 11) is 0. The molecule has 2 rings (SSSR count). The van der Waals surface area contributed by atoms with Crippen LogP contribution in [0.4, 0.5) is 5.95 Å². The summed E-state index contributed by atoms with van der Waals surface area (Å²) in [6, 6.07) is 0.682. The van der Waals surface area contributed by atoms with Gasteiger partial charge in [0.15, 0.2) is 0 Å². The number of nitrogens with one attached hydrogen (secondary N) is 1. The Morgan fingerprint density at radius 3 is 2.71 bits per heavy atom. The molecule has 1 heterocycles. The molecular weight excluding hydrogens is 210 g/mol. The van der Waals surface area contributed by atoms with Crippen molar-refractivity contribution >= 4 is 5.95 Å². The first-order valence-corrected chi connectivity index (χ1v) is 7.11. The molecule has 1 N–H and O–H groups in total. The van der Waals surface area contributed by atoms with Gasteiger partial charge in [0, 0.05) is 25.0 Å². The quantitative estimate of drug-likeness (QED) is 0.811. The third kappa shape index (κ3) is 3.02. The van der Waals surface area contributed by atoms with E-state index in [-0.39, 0.29) is 0 Å². The minimum absolute atomic E-state index is 0.682. The van der Waals surface area contributed by atoms with Gasteiger partial charge in [-0.2, -0.15) is 0 Å². The smallest absolute Gasteiger partial charge is 0.203 e. The number of anilines is 1. The van der Waals surface area contributed by atoms with Gasteiger partial charge in [-0.05, 0) is 18.8 Å². The van der Waals surface area contributed by atoms with E-state index in [1.807, 2.05) is 6.20 Å². The van der Waals surface area contributed by atoms with Gasteiger partial charge in [0.05, 0.1) is 0 Å². The van der Waals surface area contributed by atoms with Crippen molar-refractivity contribution in [1.82, 2.24) is 9.55 Å². The van der Waals surface area contributed by atoms with Crippen LogP contribution in [0.1, 0.15) is 58.4 Å². The second-order valence-corrected chi connectivity index (χ2v) is 5.16. The molecule has 3 nitrogen and oxygen atoms in total. The van der Waals surface area contributed by atoms with E-state index in [0.717, 1.165) is 18.4 Å². The molecule has 3 heteroatoms. The molecular formula is C14H25N3. The van der Waals surface area contributed by atoms with Crippen molar-refractivity contribution in [3.05, 3.63) is 12.4 Å². The maximum absolute atomic E-state index is 4.45. The van der Waals surface area contributed by atoms with Crippen LogP contribution in [0.5, 0.6) is 0 Å². The third-order valence-electron chi connectivity index (χ3n) is 4.09. The molecule has 0 saturated heterocycles. The molecule has 1 aliphatic rings. The highest BCUT2D eigenvalue weighted by Gasteiger charge is 2.19. The number of hydrogen-bond acceptors (Lipinski definition) is 2. The number of nitrogens with zero attached hydrogens (tertiary/aromatic N) is 2. The van der Waals surface area contributed by atoms with Crippen LogP contribution in [0, 0.1) is 5.92 Å². The molecule has 1 aliphatic carbocycles. The van der Waals surface area contributed by atoms with Crippen molar-refractivity contribution in [2.45, 2.75) is 58.4 Å². The van der Waals surface area contributed by atoms with Gasteiger partial charge < -0.3 is 9.88 Å². The van der Waals surface area contributed by atoms with Gasteiger partial charge in [0.2, 0.25) is 5.95 Å². The van der Waals surface area contributed by atoms with Gasteiger partial charge in [0.25, 0.3) is 0 Å². The fourth-order valence-electron chi connectivity index (χ4n) is 2.74. The van der Waals surface area contributed by atoms with Crippen molar-refractivity contribution in [3.63, 3.8) is 0 Å². The van der Waals surface area contributed by atoms with Crippen LogP contribution in [0.25, 0.3) is 0 Å². The van der Waals surface area contributed by atoms with E-state index in [1.165, 1.54) is 38.5 Å². The second kappa shape index (κ2) is 6.08. The Morgan fingerprint density at radius 2 is 2.06 bits per heavy atom. The molecule has 0 unspecified atom stereocenters. The standard InChI is InChI=1S/C14H25N3/c1-3-12(4-2)11-16-14-15-9-10-17(14)13-7-5-6-8-13/h9-10,12-13H,3-8,11H2,1-2H3,(H,15,16). The Balaban J connectivity index is 1.94. The van der Waals surface area contributed by atoms with E-state index in [1.54, 1.807) is 0 Å². The van der Waals surface area contributed by atoms with Crippen LogP contribution in [0.15, 0.2) is 12.4 Å². The van der Waals surface area contributed by atoms with Crippen LogP contribution in [-0.4, -0.2) is 16.1 Å². The molecule has 0 aliphatic heterocycles. The first-order valence-electron chi connectivity index (χ1n) is 7.11. The van der Waals surface area contributed by atoms with Crippen LogP contribution >= 0.6 is 0 Å². The first-order chi connectivity index (χ1) is 8.35. The summed E-state index contributed by atoms with van der Waals surface area (Å²) in [5.74, 6) is 1.84. The normalized spacial score (nSPS) is 16.9. The zero-order valence-corrected chi connectivity index (χ0v) is 11.2. The zero-order chi connectivity index (χ0) is 12.1. The maximum atomic E-state index is 4.45. The van der Waals surface area contributed by atoms with Crippen LogP contribution in [0.3, 0.4) is 0 Å². The molecule has 0 aromatic carbocycles. The number of rotatable bonds is 6. The van der Waals surface area contributed by atoms with Gasteiger partial charge in [-0.25, -0.2) is 4.98 Å². The Hall–Kier alpha value is -0.990. The molecule has 0 atom stereocenters. The molecule has 17 heavy (non-hydrogen) atoms. The summed E-state index contributed by atoms with van der Waals surface area (Å²) < 4.78 is 2.34. The van der Waals surface area contributed by atoms with Crippen molar-refractivity contribution in [1.29, 1.82) is 0 Å². The Morgan fingerprint density at radius 1 is 1.35 bits per heavy atom. The number of hydrogen-bond donors (Lipinski definition) is 1. The highest BCUT2D eigenvalue weighted by Crippen LogP contribution is 2.31. The lowest BCUT2D eigenvalue weighted by Gasteiger charge is -2.18. The topological polar surface area (TPSA) is 29.9 Å². The highest BCUT2D eigenvalue weighted by atomic mass is 15.2. The fourth-order valence-corrected chi connectivity index (χ4v) is 2.74. The summed E-state index contributed by atoms with van der Waals surface area (Å²) in [4.78, 5) is 4.45. The number of aromatic nitrogens is 2. The highest BCUT2D eigenvalue weighted by molar-refractivity contribution is 5.27. The number of imidazole rings is 1. The summed E-state index contributed by atoms with van der Waals surface area (Å²) in [6.07, 6.45) is 11.9. The van der Waals surface area contributed by atoms with Gasteiger partial charge in [-0.3, -0.25) is 0 Å². The predicted molar refractivity (Wildman–Crippen MR) is 72.3 cm³/mol. The van der Waals surface area contributed by atoms with Gasteiger partial charge in [0.1, 0.15) is 0 Å². The van der Waals surface area contributed by atoms with Crippen LogP contribution in [0.2, 0.25) is 0 Å². The minimum Gasteiger partial charge on any atom is -0.355 e. The zero-order valence-electron chi connectivity index (χ0n) is 11.2. The molecule has 1 aromatic rings. The van der Waals surface area contributed by atoms with E-state index in [4.69, 9.17) is 0 Å². The molecule has 1 aromatic heterocycles.